The molecule has 1 unspecified atom stereocenters. The van der Waals surface area contributed by atoms with Crippen LogP contribution in [0.2, 0.25) is 0 Å². The van der Waals surface area contributed by atoms with Crippen LogP contribution in [0.15, 0.2) is 18.2 Å². The van der Waals surface area contributed by atoms with Crippen molar-refractivity contribution in [1.29, 1.82) is 0 Å². The molecule has 1 aromatic carbocycles. The molecule has 1 atom stereocenters. The Balaban J connectivity index is 2.30. The molecular formula is C14H17BrN2O4. The number of halogens is 1. The number of piperidine rings is 1. The summed E-state index contributed by atoms with van der Waals surface area (Å²) in [6.45, 7) is 1.34. The van der Waals surface area contributed by atoms with Crippen molar-refractivity contribution in [1.82, 2.24) is 4.90 Å². The smallest absolute Gasteiger partial charge is 0.311 e. The molecule has 0 saturated carbocycles. The first-order valence-corrected chi connectivity index (χ1v) is 7.87. The summed E-state index contributed by atoms with van der Waals surface area (Å²) in [4.78, 5) is 24.9. The van der Waals surface area contributed by atoms with Gasteiger partial charge in [-0.3, -0.25) is 14.9 Å². The molecule has 0 N–H and O–H groups in total. The molecule has 2 rings (SSSR count). The van der Waals surface area contributed by atoms with Crippen LogP contribution in [-0.2, 0) is 0 Å². The summed E-state index contributed by atoms with van der Waals surface area (Å²) in [6, 6.07) is 4.43. The van der Waals surface area contributed by atoms with Crippen LogP contribution in [-0.4, -0.2) is 41.3 Å². The van der Waals surface area contributed by atoms with Gasteiger partial charge in [0.25, 0.3) is 5.91 Å². The zero-order valence-corrected chi connectivity index (χ0v) is 13.3. The minimum atomic E-state index is -0.535. The van der Waals surface area contributed by atoms with Gasteiger partial charge in [0.15, 0.2) is 0 Å². The molecule has 0 bridgehead atoms. The topological polar surface area (TPSA) is 72.7 Å². The van der Waals surface area contributed by atoms with Gasteiger partial charge < -0.3 is 9.64 Å². The highest BCUT2D eigenvalue weighted by Gasteiger charge is 2.28. The molecule has 0 aliphatic carbocycles. The van der Waals surface area contributed by atoms with Crippen LogP contribution in [0.3, 0.4) is 0 Å². The Hall–Kier alpha value is -1.63. The Labute approximate surface area is 131 Å². The number of para-hydroxylation sites is 1. The van der Waals surface area contributed by atoms with E-state index in [1.165, 1.54) is 19.2 Å². The Morgan fingerprint density at radius 2 is 2.33 bits per heavy atom. The van der Waals surface area contributed by atoms with Crippen LogP contribution in [0.5, 0.6) is 5.75 Å². The monoisotopic (exact) mass is 356 g/mol. The van der Waals surface area contributed by atoms with Gasteiger partial charge in [0.05, 0.1) is 17.6 Å². The molecular weight excluding hydrogens is 340 g/mol. The number of likely N-dealkylation sites (tertiary alicyclic amines) is 1. The molecule has 1 aliphatic heterocycles. The molecule has 0 aromatic heterocycles. The van der Waals surface area contributed by atoms with E-state index in [1.807, 2.05) is 0 Å². The third kappa shape index (κ3) is 3.34. The maximum Gasteiger partial charge on any atom is 0.311 e. The maximum absolute atomic E-state index is 12.6. The Bertz CT molecular complexity index is 550. The Morgan fingerprint density at radius 1 is 1.57 bits per heavy atom. The predicted octanol–water partition coefficient (Wildman–Crippen LogP) is 2.85. The first kappa shape index (κ1) is 15.8. The fourth-order valence-corrected chi connectivity index (χ4v) is 3.13. The maximum atomic E-state index is 12.6. The standard InChI is InChI=1S/C14H17BrN2O4/c1-21-13-11(5-2-6-12(13)17(19)20)14(18)16-7-3-4-10(8-15)9-16/h2,5-6,10H,3-4,7-9H2,1H3. The minimum absolute atomic E-state index is 0.0356. The number of carbonyl (C=O) groups excluding carboxylic acids is 1. The number of alkyl halides is 1. The lowest BCUT2D eigenvalue weighted by Crippen LogP contribution is -2.40. The van der Waals surface area contributed by atoms with E-state index >= 15 is 0 Å². The minimum Gasteiger partial charge on any atom is -0.490 e. The second-order valence-corrected chi connectivity index (χ2v) is 5.68. The number of nitrogens with zero attached hydrogens (tertiary/aromatic N) is 2. The van der Waals surface area contributed by atoms with Gasteiger partial charge in [0.1, 0.15) is 0 Å². The number of benzene rings is 1. The second-order valence-electron chi connectivity index (χ2n) is 5.03. The van der Waals surface area contributed by atoms with Gasteiger partial charge in [-0.1, -0.05) is 22.0 Å². The van der Waals surface area contributed by atoms with Gasteiger partial charge >= 0.3 is 5.69 Å². The molecule has 21 heavy (non-hydrogen) atoms. The molecule has 7 heteroatoms. The lowest BCUT2D eigenvalue weighted by atomic mass is 9.99. The van der Waals surface area contributed by atoms with Crippen LogP contribution in [0.25, 0.3) is 0 Å². The van der Waals surface area contributed by atoms with Crippen molar-refractivity contribution in [3.05, 3.63) is 33.9 Å². The van der Waals surface area contributed by atoms with E-state index in [0.717, 1.165) is 18.2 Å². The molecule has 1 fully saturated rings. The first-order chi connectivity index (χ1) is 10.1. The van der Waals surface area contributed by atoms with E-state index in [4.69, 9.17) is 4.74 Å². The number of nitro groups is 1. The van der Waals surface area contributed by atoms with E-state index in [0.29, 0.717) is 19.0 Å². The van der Waals surface area contributed by atoms with E-state index < -0.39 is 4.92 Å². The van der Waals surface area contributed by atoms with Crippen molar-refractivity contribution in [2.45, 2.75) is 12.8 Å². The van der Waals surface area contributed by atoms with Crippen molar-refractivity contribution >= 4 is 27.5 Å². The molecule has 0 radical (unpaired) electrons. The van der Waals surface area contributed by atoms with Crippen molar-refractivity contribution in [2.24, 2.45) is 5.92 Å². The molecule has 1 amide bonds. The number of rotatable bonds is 4. The summed E-state index contributed by atoms with van der Waals surface area (Å²) in [5.41, 5.74) is 0.0688. The number of ether oxygens (including phenoxy) is 1. The van der Waals surface area contributed by atoms with Gasteiger partial charge in [0.2, 0.25) is 5.75 Å². The summed E-state index contributed by atoms with van der Waals surface area (Å²) in [5, 5.41) is 11.9. The third-order valence-corrected chi connectivity index (χ3v) is 4.57. The Kier molecular flexibility index (Phi) is 5.17. The lowest BCUT2D eigenvalue weighted by Gasteiger charge is -2.32. The average molecular weight is 357 g/mol. The quantitative estimate of drug-likeness (QED) is 0.472. The molecule has 1 aliphatic rings. The normalized spacial score (nSPS) is 18.4. The Morgan fingerprint density at radius 3 is 2.95 bits per heavy atom. The van der Waals surface area contributed by atoms with Crippen LogP contribution >= 0.6 is 15.9 Å². The first-order valence-electron chi connectivity index (χ1n) is 6.75. The van der Waals surface area contributed by atoms with Gasteiger partial charge in [-0.15, -0.1) is 0 Å². The fourth-order valence-electron chi connectivity index (χ4n) is 2.60. The summed E-state index contributed by atoms with van der Waals surface area (Å²) >= 11 is 3.45. The highest BCUT2D eigenvalue weighted by atomic mass is 79.9. The zero-order chi connectivity index (χ0) is 15.4. The molecule has 6 nitrogen and oxygen atoms in total. The highest BCUT2D eigenvalue weighted by molar-refractivity contribution is 9.09. The van der Waals surface area contributed by atoms with E-state index in [9.17, 15) is 14.9 Å². The lowest BCUT2D eigenvalue weighted by molar-refractivity contribution is -0.385. The van der Waals surface area contributed by atoms with Crippen molar-refractivity contribution in [3.63, 3.8) is 0 Å². The van der Waals surface area contributed by atoms with E-state index in [2.05, 4.69) is 15.9 Å². The fraction of sp³-hybridized carbons (Fsp3) is 0.500. The van der Waals surface area contributed by atoms with Crippen molar-refractivity contribution in [2.75, 3.05) is 25.5 Å². The van der Waals surface area contributed by atoms with Crippen LogP contribution in [0.4, 0.5) is 5.69 Å². The molecule has 1 aromatic rings. The molecule has 114 valence electrons. The summed E-state index contributed by atoms with van der Waals surface area (Å²) in [5.74, 6) is 0.252. The number of hydrogen-bond donors (Lipinski definition) is 0. The third-order valence-electron chi connectivity index (χ3n) is 3.65. The summed E-state index contributed by atoms with van der Waals surface area (Å²) < 4.78 is 5.10. The summed E-state index contributed by atoms with van der Waals surface area (Å²) in [7, 11) is 1.34. The number of methoxy groups -OCH3 is 1. The average Bonchev–Trinajstić information content (AvgIpc) is 2.53. The second kappa shape index (κ2) is 6.89. The number of hydrogen-bond acceptors (Lipinski definition) is 4. The molecule has 0 spiro atoms. The van der Waals surface area contributed by atoms with Crippen LogP contribution < -0.4 is 4.74 Å². The largest absolute Gasteiger partial charge is 0.490 e. The highest BCUT2D eigenvalue weighted by Crippen LogP contribution is 2.32. The summed E-state index contributed by atoms with van der Waals surface area (Å²) in [6.07, 6.45) is 2.03. The predicted molar refractivity (Wildman–Crippen MR) is 82.1 cm³/mol. The SMILES string of the molecule is COc1c(C(=O)N2CCCC(CBr)C2)cccc1[N+](=O)[O-]. The number of amides is 1. The van der Waals surface area contributed by atoms with E-state index in [1.54, 1.807) is 11.0 Å². The van der Waals surface area contributed by atoms with Crippen LogP contribution in [0.1, 0.15) is 23.2 Å². The molecule has 1 saturated heterocycles. The number of carbonyl (C=O) groups is 1. The van der Waals surface area contributed by atoms with Gasteiger partial charge in [-0.05, 0) is 24.8 Å². The van der Waals surface area contributed by atoms with Gasteiger partial charge in [-0.2, -0.15) is 0 Å². The van der Waals surface area contributed by atoms with Crippen molar-refractivity contribution < 1.29 is 14.5 Å². The van der Waals surface area contributed by atoms with E-state index in [-0.39, 0.29) is 22.9 Å². The zero-order valence-electron chi connectivity index (χ0n) is 11.8. The van der Waals surface area contributed by atoms with Crippen molar-refractivity contribution in [3.8, 4) is 5.75 Å². The number of nitro benzene ring substituents is 1. The van der Waals surface area contributed by atoms with Crippen LogP contribution in [0, 0.1) is 16.0 Å². The van der Waals surface area contributed by atoms with Gasteiger partial charge in [-0.25, -0.2) is 0 Å². The molecule has 1 heterocycles. The van der Waals surface area contributed by atoms with Gasteiger partial charge in [0, 0.05) is 24.5 Å².